The number of benzene rings is 2. The van der Waals surface area contributed by atoms with Crippen LogP contribution in [0.4, 0.5) is 5.69 Å². The van der Waals surface area contributed by atoms with E-state index in [9.17, 15) is 9.59 Å². The molecule has 2 aromatic rings. The van der Waals surface area contributed by atoms with Crippen molar-refractivity contribution >= 4 is 17.5 Å². The standard InChI is InChI=1S/C18H20N2O3/c1-12-4-9-17(23-3)15(10-12)11-19-18(22)14-5-7-16(8-6-14)20-13(2)21/h4-10H,11H2,1-3H3,(H,19,22)(H,20,21). The lowest BCUT2D eigenvalue weighted by molar-refractivity contribution is -0.114. The Morgan fingerprint density at radius 3 is 2.39 bits per heavy atom. The van der Waals surface area contributed by atoms with Crippen molar-refractivity contribution in [2.45, 2.75) is 20.4 Å². The van der Waals surface area contributed by atoms with Gasteiger partial charge in [0.15, 0.2) is 0 Å². The van der Waals surface area contributed by atoms with Crippen molar-refractivity contribution in [3.63, 3.8) is 0 Å². The molecular formula is C18H20N2O3. The number of hydrogen-bond donors (Lipinski definition) is 2. The van der Waals surface area contributed by atoms with Crippen molar-refractivity contribution in [3.8, 4) is 5.75 Å². The number of anilines is 1. The molecule has 0 aromatic heterocycles. The molecule has 2 N–H and O–H groups in total. The van der Waals surface area contributed by atoms with Gasteiger partial charge in [-0.1, -0.05) is 17.7 Å². The van der Waals surface area contributed by atoms with Gasteiger partial charge in [0.2, 0.25) is 5.91 Å². The van der Waals surface area contributed by atoms with Crippen molar-refractivity contribution in [3.05, 3.63) is 59.2 Å². The van der Waals surface area contributed by atoms with Crippen molar-refractivity contribution in [1.82, 2.24) is 5.32 Å². The van der Waals surface area contributed by atoms with E-state index in [1.165, 1.54) is 6.92 Å². The third-order valence-electron chi connectivity index (χ3n) is 3.34. The summed E-state index contributed by atoms with van der Waals surface area (Å²) in [5.74, 6) is 0.425. The van der Waals surface area contributed by atoms with E-state index in [-0.39, 0.29) is 11.8 Å². The van der Waals surface area contributed by atoms with E-state index in [1.807, 2.05) is 25.1 Å². The van der Waals surface area contributed by atoms with Crippen LogP contribution in [0.5, 0.6) is 5.75 Å². The molecule has 120 valence electrons. The van der Waals surface area contributed by atoms with Crippen molar-refractivity contribution in [1.29, 1.82) is 0 Å². The minimum absolute atomic E-state index is 0.145. The first-order chi connectivity index (χ1) is 11.0. The Balaban J connectivity index is 2.02. The summed E-state index contributed by atoms with van der Waals surface area (Å²) < 4.78 is 5.30. The molecule has 0 unspecified atom stereocenters. The van der Waals surface area contributed by atoms with Gasteiger partial charge >= 0.3 is 0 Å². The Hall–Kier alpha value is -2.82. The van der Waals surface area contributed by atoms with Crippen molar-refractivity contribution in [2.75, 3.05) is 12.4 Å². The highest BCUT2D eigenvalue weighted by Crippen LogP contribution is 2.19. The van der Waals surface area contributed by atoms with Gasteiger partial charge in [-0.25, -0.2) is 0 Å². The number of amides is 2. The molecule has 2 amide bonds. The zero-order valence-corrected chi connectivity index (χ0v) is 13.5. The van der Waals surface area contributed by atoms with Gasteiger partial charge in [0.25, 0.3) is 5.91 Å². The fourth-order valence-corrected chi connectivity index (χ4v) is 2.23. The van der Waals surface area contributed by atoms with Gasteiger partial charge in [0, 0.05) is 30.3 Å². The number of methoxy groups -OCH3 is 1. The summed E-state index contributed by atoms with van der Waals surface area (Å²) in [7, 11) is 1.61. The summed E-state index contributed by atoms with van der Waals surface area (Å²) in [5, 5.41) is 5.53. The molecule has 0 aliphatic heterocycles. The highest BCUT2D eigenvalue weighted by molar-refractivity contribution is 5.95. The van der Waals surface area contributed by atoms with Gasteiger partial charge in [-0.05, 0) is 37.3 Å². The molecule has 0 saturated heterocycles. The van der Waals surface area contributed by atoms with Crippen molar-refractivity contribution < 1.29 is 14.3 Å². The maximum absolute atomic E-state index is 12.2. The smallest absolute Gasteiger partial charge is 0.251 e. The van der Waals surface area contributed by atoms with Gasteiger partial charge in [-0.3, -0.25) is 9.59 Å². The first kappa shape index (κ1) is 16.5. The Morgan fingerprint density at radius 1 is 1.09 bits per heavy atom. The second kappa shape index (κ2) is 7.45. The van der Waals surface area contributed by atoms with Crippen LogP contribution in [0, 0.1) is 6.92 Å². The summed E-state index contributed by atoms with van der Waals surface area (Å²) in [6.07, 6.45) is 0. The molecule has 0 spiro atoms. The lowest BCUT2D eigenvalue weighted by Crippen LogP contribution is -2.23. The summed E-state index contributed by atoms with van der Waals surface area (Å²) in [6.45, 7) is 3.82. The zero-order chi connectivity index (χ0) is 16.8. The van der Waals surface area contributed by atoms with Crippen LogP contribution in [0.3, 0.4) is 0 Å². The van der Waals surface area contributed by atoms with Gasteiger partial charge in [0.05, 0.1) is 7.11 Å². The average Bonchev–Trinajstić information content (AvgIpc) is 2.53. The molecule has 0 bridgehead atoms. The molecule has 5 nitrogen and oxygen atoms in total. The van der Waals surface area contributed by atoms with Crippen LogP contribution in [-0.2, 0) is 11.3 Å². The van der Waals surface area contributed by atoms with E-state index in [0.717, 1.165) is 16.9 Å². The molecule has 0 saturated carbocycles. The number of aryl methyl sites for hydroxylation is 1. The van der Waals surface area contributed by atoms with E-state index in [1.54, 1.807) is 31.4 Å². The minimum Gasteiger partial charge on any atom is -0.496 e. The Labute approximate surface area is 135 Å². The van der Waals surface area contributed by atoms with Crippen LogP contribution in [0.25, 0.3) is 0 Å². The predicted octanol–water partition coefficient (Wildman–Crippen LogP) is 2.89. The molecule has 0 atom stereocenters. The topological polar surface area (TPSA) is 67.4 Å². The van der Waals surface area contributed by atoms with Gasteiger partial charge < -0.3 is 15.4 Å². The van der Waals surface area contributed by atoms with E-state index >= 15 is 0 Å². The lowest BCUT2D eigenvalue weighted by atomic mass is 10.1. The highest BCUT2D eigenvalue weighted by atomic mass is 16.5. The number of hydrogen-bond acceptors (Lipinski definition) is 3. The number of nitrogens with one attached hydrogen (secondary N) is 2. The average molecular weight is 312 g/mol. The van der Waals surface area contributed by atoms with E-state index in [0.29, 0.717) is 17.8 Å². The quantitative estimate of drug-likeness (QED) is 0.892. The molecule has 23 heavy (non-hydrogen) atoms. The van der Waals surface area contributed by atoms with E-state index in [2.05, 4.69) is 10.6 Å². The lowest BCUT2D eigenvalue weighted by Gasteiger charge is -2.11. The molecule has 0 aliphatic carbocycles. The molecule has 2 aromatic carbocycles. The summed E-state index contributed by atoms with van der Waals surface area (Å²) in [4.78, 5) is 23.2. The molecule has 5 heteroatoms. The highest BCUT2D eigenvalue weighted by Gasteiger charge is 2.08. The summed E-state index contributed by atoms with van der Waals surface area (Å²) in [5.41, 5.74) is 3.23. The van der Waals surface area contributed by atoms with E-state index < -0.39 is 0 Å². The second-order valence-electron chi connectivity index (χ2n) is 5.26. The number of rotatable bonds is 5. The largest absolute Gasteiger partial charge is 0.496 e. The van der Waals surface area contributed by atoms with Crippen LogP contribution < -0.4 is 15.4 Å². The molecule has 0 heterocycles. The van der Waals surface area contributed by atoms with Gasteiger partial charge in [-0.15, -0.1) is 0 Å². The van der Waals surface area contributed by atoms with Gasteiger partial charge in [-0.2, -0.15) is 0 Å². The maximum Gasteiger partial charge on any atom is 0.251 e. The van der Waals surface area contributed by atoms with Crippen LogP contribution in [0.2, 0.25) is 0 Å². The van der Waals surface area contributed by atoms with Crippen LogP contribution in [0.15, 0.2) is 42.5 Å². The molecule has 0 fully saturated rings. The monoisotopic (exact) mass is 312 g/mol. The third kappa shape index (κ3) is 4.57. The summed E-state index contributed by atoms with van der Waals surface area (Å²) in [6, 6.07) is 12.6. The maximum atomic E-state index is 12.2. The first-order valence-electron chi connectivity index (χ1n) is 7.29. The van der Waals surface area contributed by atoms with Gasteiger partial charge in [0.1, 0.15) is 5.75 Å². The fourth-order valence-electron chi connectivity index (χ4n) is 2.23. The molecule has 0 aliphatic rings. The third-order valence-corrected chi connectivity index (χ3v) is 3.34. The fraction of sp³-hybridized carbons (Fsp3) is 0.222. The first-order valence-corrected chi connectivity index (χ1v) is 7.29. The number of ether oxygens (including phenoxy) is 1. The van der Waals surface area contributed by atoms with Crippen LogP contribution >= 0.6 is 0 Å². The zero-order valence-electron chi connectivity index (χ0n) is 13.5. The normalized spacial score (nSPS) is 10.0. The molecule has 0 radical (unpaired) electrons. The summed E-state index contributed by atoms with van der Waals surface area (Å²) >= 11 is 0. The number of carbonyl (C=O) groups excluding carboxylic acids is 2. The number of carbonyl (C=O) groups is 2. The molecule has 2 rings (SSSR count). The Bertz CT molecular complexity index is 709. The predicted molar refractivity (Wildman–Crippen MR) is 89.6 cm³/mol. The second-order valence-corrected chi connectivity index (χ2v) is 5.26. The molecular weight excluding hydrogens is 292 g/mol. The van der Waals surface area contributed by atoms with Crippen LogP contribution in [0.1, 0.15) is 28.4 Å². The van der Waals surface area contributed by atoms with Crippen LogP contribution in [-0.4, -0.2) is 18.9 Å². The Kier molecular flexibility index (Phi) is 5.36. The SMILES string of the molecule is COc1ccc(C)cc1CNC(=O)c1ccc(NC(C)=O)cc1. The van der Waals surface area contributed by atoms with E-state index in [4.69, 9.17) is 4.74 Å². The Morgan fingerprint density at radius 2 is 1.78 bits per heavy atom. The minimum atomic E-state index is -0.178. The van der Waals surface area contributed by atoms with Crippen molar-refractivity contribution in [2.24, 2.45) is 0 Å².